The van der Waals surface area contributed by atoms with E-state index in [2.05, 4.69) is 16.2 Å². The summed E-state index contributed by atoms with van der Waals surface area (Å²) in [4.78, 5) is 19.1. The van der Waals surface area contributed by atoms with Gasteiger partial charge in [0.1, 0.15) is 0 Å². The van der Waals surface area contributed by atoms with Gasteiger partial charge in [0, 0.05) is 18.9 Å². The fraction of sp³-hybridized carbons (Fsp3) is 0.474. The number of carbonyl (C=O) groups is 1. The minimum absolute atomic E-state index is 0.0512. The van der Waals surface area contributed by atoms with Crippen molar-refractivity contribution >= 4 is 5.91 Å². The van der Waals surface area contributed by atoms with Crippen LogP contribution >= 0.6 is 0 Å². The first kappa shape index (κ1) is 15.8. The molecule has 1 saturated carbocycles. The number of aromatic nitrogens is 2. The molecule has 1 saturated heterocycles. The monoisotopic (exact) mass is 336 g/mol. The van der Waals surface area contributed by atoms with Crippen LogP contribution in [0.3, 0.4) is 0 Å². The molecule has 0 N–H and O–H groups in total. The highest BCUT2D eigenvalue weighted by molar-refractivity contribution is 5.77. The average molecular weight is 336 g/mol. The predicted octanol–water partition coefficient (Wildman–Crippen LogP) is 3.11. The van der Waals surface area contributed by atoms with Gasteiger partial charge in [-0.1, -0.05) is 17.3 Å². The zero-order chi connectivity index (χ0) is 17.2. The van der Waals surface area contributed by atoms with Crippen molar-refractivity contribution in [2.24, 2.45) is 0 Å². The summed E-state index contributed by atoms with van der Waals surface area (Å²) in [6.45, 7) is 0.754. The van der Waals surface area contributed by atoms with E-state index in [1.54, 1.807) is 12.1 Å². The van der Waals surface area contributed by atoms with Crippen LogP contribution in [0.25, 0.3) is 0 Å². The first-order valence-corrected chi connectivity index (χ1v) is 8.86. The quantitative estimate of drug-likeness (QED) is 0.838. The fourth-order valence-electron chi connectivity index (χ4n) is 3.35. The number of carbonyl (C=O) groups excluding carboxylic acids is 1. The highest BCUT2D eigenvalue weighted by Gasteiger charge is 2.35. The lowest BCUT2D eigenvalue weighted by Gasteiger charge is -2.22. The van der Waals surface area contributed by atoms with E-state index in [1.807, 2.05) is 17.0 Å². The summed E-state index contributed by atoms with van der Waals surface area (Å²) < 4.78 is 5.35. The summed E-state index contributed by atoms with van der Waals surface area (Å²) in [5, 5.41) is 13.0. The van der Waals surface area contributed by atoms with Crippen molar-refractivity contribution in [2.75, 3.05) is 6.54 Å². The SMILES string of the molecule is N#Cc1ccc(CCC(=O)N2CCC[C@@H]2c2noc(C3CC3)n2)cc1. The molecule has 1 aliphatic heterocycles. The molecule has 2 heterocycles. The maximum Gasteiger partial charge on any atom is 0.229 e. The molecule has 0 bridgehead atoms. The second-order valence-electron chi connectivity index (χ2n) is 6.82. The van der Waals surface area contributed by atoms with Gasteiger partial charge in [-0.3, -0.25) is 4.79 Å². The van der Waals surface area contributed by atoms with Crippen LogP contribution in [-0.2, 0) is 11.2 Å². The van der Waals surface area contributed by atoms with Crippen LogP contribution in [0.2, 0.25) is 0 Å². The van der Waals surface area contributed by atoms with Crippen LogP contribution in [0.1, 0.15) is 66.9 Å². The van der Waals surface area contributed by atoms with Crippen LogP contribution in [0.5, 0.6) is 0 Å². The lowest BCUT2D eigenvalue weighted by atomic mass is 10.1. The Hall–Kier alpha value is -2.68. The molecule has 1 aromatic carbocycles. The average Bonchev–Trinajstić information content (AvgIpc) is 3.18. The summed E-state index contributed by atoms with van der Waals surface area (Å²) in [5.74, 6) is 1.95. The molecular formula is C19H20N4O2. The molecule has 2 fully saturated rings. The molecule has 1 atom stereocenters. The smallest absolute Gasteiger partial charge is 0.229 e. The van der Waals surface area contributed by atoms with E-state index in [4.69, 9.17) is 9.78 Å². The third-order valence-corrected chi connectivity index (χ3v) is 4.97. The van der Waals surface area contributed by atoms with E-state index in [1.165, 1.54) is 0 Å². The number of rotatable bonds is 5. The number of nitriles is 1. The molecule has 0 radical (unpaired) electrons. The Balaban J connectivity index is 1.38. The molecular weight excluding hydrogens is 316 g/mol. The number of aryl methyl sites for hydroxylation is 1. The van der Waals surface area contributed by atoms with Crippen molar-refractivity contribution in [3.05, 3.63) is 47.1 Å². The van der Waals surface area contributed by atoms with Gasteiger partial charge < -0.3 is 9.42 Å². The lowest BCUT2D eigenvalue weighted by Crippen LogP contribution is -2.31. The normalized spacial score (nSPS) is 19.8. The van der Waals surface area contributed by atoms with E-state index >= 15 is 0 Å². The summed E-state index contributed by atoms with van der Waals surface area (Å²) >= 11 is 0. The summed E-state index contributed by atoms with van der Waals surface area (Å²) in [7, 11) is 0. The minimum Gasteiger partial charge on any atom is -0.339 e. The van der Waals surface area contributed by atoms with E-state index in [0.29, 0.717) is 30.1 Å². The third kappa shape index (κ3) is 3.41. The van der Waals surface area contributed by atoms with Gasteiger partial charge in [-0.25, -0.2) is 0 Å². The molecule has 6 nitrogen and oxygen atoms in total. The van der Waals surface area contributed by atoms with Crippen LogP contribution < -0.4 is 0 Å². The van der Waals surface area contributed by atoms with Gasteiger partial charge in [0.2, 0.25) is 11.8 Å². The largest absolute Gasteiger partial charge is 0.339 e. The van der Waals surface area contributed by atoms with E-state index in [-0.39, 0.29) is 11.9 Å². The first-order valence-electron chi connectivity index (χ1n) is 8.86. The Morgan fingerprint density at radius 2 is 2.08 bits per heavy atom. The zero-order valence-corrected chi connectivity index (χ0v) is 14.0. The fourth-order valence-corrected chi connectivity index (χ4v) is 3.35. The maximum atomic E-state index is 12.7. The van der Waals surface area contributed by atoms with Gasteiger partial charge in [0.05, 0.1) is 17.7 Å². The van der Waals surface area contributed by atoms with Crippen molar-refractivity contribution in [2.45, 2.75) is 50.5 Å². The number of benzene rings is 1. The molecule has 0 spiro atoms. The molecule has 25 heavy (non-hydrogen) atoms. The molecule has 1 amide bonds. The van der Waals surface area contributed by atoms with Crippen molar-refractivity contribution in [3.63, 3.8) is 0 Å². The number of nitrogens with zero attached hydrogens (tertiary/aromatic N) is 4. The Bertz CT molecular complexity index is 802. The second-order valence-corrected chi connectivity index (χ2v) is 6.82. The van der Waals surface area contributed by atoms with E-state index < -0.39 is 0 Å². The Morgan fingerprint density at radius 3 is 2.80 bits per heavy atom. The first-order chi connectivity index (χ1) is 12.2. The number of hydrogen-bond donors (Lipinski definition) is 0. The topological polar surface area (TPSA) is 83.0 Å². The maximum absolute atomic E-state index is 12.7. The second kappa shape index (κ2) is 6.67. The van der Waals surface area contributed by atoms with Crippen molar-refractivity contribution in [1.29, 1.82) is 5.26 Å². The molecule has 128 valence electrons. The number of hydrogen-bond acceptors (Lipinski definition) is 5. The molecule has 1 aromatic heterocycles. The molecule has 0 unspecified atom stereocenters. The Labute approximate surface area is 146 Å². The van der Waals surface area contributed by atoms with Gasteiger partial charge in [0.25, 0.3) is 0 Å². The van der Waals surface area contributed by atoms with Crippen molar-refractivity contribution in [1.82, 2.24) is 15.0 Å². The highest BCUT2D eigenvalue weighted by Crippen LogP contribution is 2.40. The molecule has 6 heteroatoms. The van der Waals surface area contributed by atoms with E-state index in [0.717, 1.165) is 43.7 Å². The van der Waals surface area contributed by atoms with Crippen LogP contribution in [-0.4, -0.2) is 27.5 Å². The van der Waals surface area contributed by atoms with Crippen molar-refractivity contribution in [3.8, 4) is 6.07 Å². The van der Waals surface area contributed by atoms with Gasteiger partial charge in [0.15, 0.2) is 5.82 Å². The number of amides is 1. The standard InChI is InChI=1S/C19H20N4O2/c20-12-14-5-3-13(4-6-14)7-10-17(24)23-11-1-2-16(23)18-21-19(25-22-18)15-8-9-15/h3-6,15-16H,1-2,7-11H2/t16-/m1/s1. The van der Waals surface area contributed by atoms with Gasteiger partial charge in [-0.15, -0.1) is 0 Å². The van der Waals surface area contributed by atoms with Crippen LogP contribution in [0, 0.1) is 11.3 Å². The number of likely N-dealkylation sites (tertiary alicyclic amines) is 1. The minimum atomic E-state index is -0.0512. The Morgan fingerprint density at radius 1 is 1.28 bits per heavy atom. The Kier molecular flexibility index (Phi) is 4.22. The summed E-state index contributed by atoms with van der Waals surface area (Å²) in [5.41, 5.74) is 1.71. The lowest BCUT2D eigenvalue weighted by molar-refractivity contribution is -0.132. The third-order valence-electron chi connectivity index (χ3n) is 4.97. The van der Waals surface area contributed by atoms with Gasteiger partial charge in [-0.05, 0) is 49.8 Å². The highest BCUT2D eigenvalue weighted by atomic mass is 16.5. The van der Waals surface area contributed by atoms with E-state index in [9.17, 15) is 4.79 Å². The zero-order valence-electron chi connectivity index (χ0n) is 14.0. The predicted molar refractivity (Wildman–Crippen MR) is 89.4 cm³/mol. The van der Waals surface area contributed by atoms with Gasteiger partial charge in [-0.2, -0.15) is 10.2 Å². The van der Waals surface area contributed by atoms with Crippen LogP contribution in [0.4, 0.5) is 0 Å². The summed E-state index contributed by atoms with van der Waals surface area (Å²) in [6, 6.07) is 9.45. The van der Waals surface area contributed by atoms with Crippen molar-refractivity contribution < 1.29 is 9.32 Å². The van der Waals surface area contributed by atoms with Gasteiger partial charge >= 0.3 is 0 Å². The molecule has 4 rings (SSSR count). The molecule has 2 aliphatic rings. The van der Waals surface area contributed by atoms with Crippen LogP contribution in [0.15, 0.2) is 28.8 Å². The summed E-state index contributed by atoms with van der Waals surface area (Å²) in [6.07, 6.45) is 5.24. The molecule has 1 aliphatic carbocycles. The molecule has 2 aromatic rings.